The molecule has 0 radical (unpaired) electrons. The van der Waals surface area contributed by atoms with E-state index in [2.05, 4.69) is 11.8 Å². The van der Waals surface area contributed by atoms with Crippen molar-refractivity contribution in [3.63, 3.8) is 0 Å². The van der Waals surface area contributed by atoms with Crippen LogP contribution in [0.5, 0.6) is 0 Å². The van der Waals surface area contributed by atoms with Gasteiger partial charge in [-0.15, -0.1) is 0 Å². The monoisotopic (exact) mass is 270 g/mol. The number of esters is 1. The highest BCUT2D eigenvalue weighted by molar-refractivity contribution is 5.72. The Morgan fingerprint density at radius 1 is 1.37 bits per heavy atom. The minimum atomic E-state index is -0.422. The Hall–Kier alpha value is -0.610. The Balaban J connectivity index is 2.59. The largest absolute Gasteiger partial charge is 0.459 e. The molecule has 1 saturated carbocycles. The molecule has 1 fully saturated rings. The van der Waals surface area contributed by atoms with Gasteiger partial charge >= 0.3 is 5.97 Å². The second kappa shape index (κ2) is 6.23. The zero-order valence-electron chi connectivity index (χ0n) is 13.2. The number of likely N-dealkylation sites (N-methyl/N-ethyl adjacent to an activating group) is 1. The van der Waals surface area contributed by atoms with Gasteiger partial charge in [-0.2, -0.15) is 0 Å². The predicted octanol–water partition coefficient (Wildman–Crippen LogP) is 2.17. The first kappa shape index (κ1) is 16.4. The molecule has 0 aromatic carbocycles. The summed E-state index contributed by atoms with van der Waals surface area (Å²) >= 11 is 0. The van der Waals surface area contributed by atoms with Gasteiger partial charge in [0.25, 0.3) is 0 Å². The first-order valence-corrected chi connectivity index (χ1v) is 7.32. The quantitative estimate of drug-likeness (QED) is 0.795. The van der Waals surface area contributed by atoms with Crippen LogP contribution in [0.4, 0.5) is 0 Å². The van der Waals surface area contributed by atoms with Crippen LogP contribution in [0.3, 0.4) is 0 Å². The number of rotatable bonds is 4. The topological polar surface area (TPSA) is 55.6 Å². The third-order valence-corrected chi connectivity index (χ3v) is 4.18. The molecular weight excluding hydrogens is 240 g/mol. The summed E-state index contributed by atoms with van der Waals surface area (Å²) in [6.07, 6.45) is 4.53. The fraction of sp³-hybridized carbons (Fsp3) is 0.933. The Morgan fingerprint density at radius 2 is 1.89 bits per heavy atom. The van der Waals surface area contributed by atoms with Gasteiger partial charge in [0.05, 0.1) is 6.54 Å². The minimum Gasteiger partial charge on any atom is -0.459 e. The smallest absolute Gasteiger partial charge is 0.320 e. The van der Waals surface area contributed by atoms with E-state index in [4.69, 9.17) is 10.5 Å². The summed E-state index contributed by atoms with van der Waals surface area (Å²) in [5.74, 6) is 0.607. The fourth-order valence-electron chi connectivity index (χ4n) is 2.78. The molecule has 0 amide bonds. The number of ether oxygens (including phenoxy) is 1. The molecule has 0 unspecified atom stereocenters. The maximum Gasteiger partial charge on any atom is 0.320 e. The molecular formula is C15H30N2O2. The predicted molar refractivity (Wildman–Crippen MR) is 77.9 cm³/mol. The number of nitrogens with two attached hydrogens (primary N) is 1. The summed E-state index contributed by atoms with van der Waals surface area (Å²) in [7, 11) is 1.99. The molecule has 1 rings (SSSR count). The molecule has 0 atom stereocenters. The van der Waals surface area contributed by atoms with Gasteiger partial charge in [-0.3, -0.25) is 9.69 Å². The molecule has 0 saturated heterocycles. The normalized spacial score (nSPS) is 28.5. The number of hydrogen-bond donors (Lipinski definition) is 1. The number of hydrogen-bond acceptors (Lipinski definition) is 4. The average Bonchev–Trinajstić information content (AvgIpc) is 2.27. The fourth-order valence-corrected chi connectivity index (χ4v) is 2.78. The number of nitrogens with zero attached hydrogens (tertiary/aromatic N) is 1. The summed E-state index contributed by atoms with van der Waals surface area (Å²) in [5.41, 5.74) is 5.55. The van der Waals surface area contributed by atoms with Crippen molar-refractivity contribution in [2.45, 2.75) is 64.5 Å². The van der Waals surface area contributed by atoms with Crippen LogP contribution >= 0.6 is 0 Å². The van der Waals surface area contributed by atoms with E-state index >= 15 is 0 Å². The van der Waals surface area contributed by atoms with Crippen LogP contribution in [0.1, 0.15) is 53.4 Å². The van der Waals surface area contributed by atoms with Crippen molar-refractivity contribution in [2.24, 2.45) is 11.7 Å². The van der Waals surface area contributed by atoms with Crippen molar-refractivity contribution < 1.29 is 9.53 Å². The van der Waals surface area contributed by atoms with Crippen LogP contribution in [0.15, 0.2) is 0 Å². The van der Waals surface area contributed by atoms with Crippen LogP contribution < -0.4 is 5.73 Å². The van der Waals surface area contributed by atoms with E-state index in [1.54, 1.807) is 0 Å². The lowest BCUT2D eigenvalue weighted by Gasteiger charge is -2.45. The van der Waals surface area contributed by atoms with Crippen molar-refractivity contribution in [1.29, 1.82) is 0 Å². The molecule has 0 heterocycles. The van der Waals surface area contributed by atoms with Gasteiger partial charge in [-0.1, -0.05) is 6.92 Å². The molecule has 1 aliphatic carbocycles. The maximum atomic E-state index is 11.9. The van der Waals surface area contributed by atoms with Gasteiger partial charge < -0.3 is 10.5 Å². The highest BCUT2D eigenvalue weighted by atomic mass is 16.6. The standard InChI is InChI=1S/C15H30N2O2/c1-12-6-8-15(11-16,9-7-12)17(5)10-13(18)19-14(2,3)4/h12H,6-11,16H2,1-5H3. The van der Waals surface area contributed by atoms with Crippen LogP contribution in [0, 0.1) is 5.92 Å². The molecule has 2 N–H and O–H groups in total. The molecule has 112 valence electrons. The highest BCUT2D eigenvalue weighted by Gasteiger charge is 2.37. The summed E-state index contributed by atoms with van der Waals surface area (Å²) in [6.45, 7) is 8.90. The van der Waals surface area contributed by atoms with E-state index < -0.39 is 5.60 Å². The van der Waals surface area contributed by atoms with Gasteiger partial charge in [0.15, 0.2) is 0 Å². The lowest BCUT2D eigenvalue weighted by molar-refractivity contribution is -0.157. The van der Waals surface area contributed by atoms with Crippen molar-refractivity contribution >= 4 is 5.97 Å². The summed E-state index contributed by atoms with van der Waals surface area (Å²) in [4.78, 5) is 14.0. The SMILES string of the molecule is CC1CCC(CN)(N(C)CC(=O)OC(C)(C)C)CC1. The molecule has 4 heteroatoms. The molecule has 0 spiro atoms. The van der Waals surface area contributed by atoms with Gasteiger partial charge in [0.1, 0.15) is 5.60 Å². The van der Waals surface area contributed by atoms with E-state index in [0.717, 1.165) is 18.8 Å². The first-order chi connectivity index (χ1) is 8.68. The molecule has 0 aromatic heterocycles. The Bertz CT molecular complexity index is 302. The molecule has 4 nitrogen and oxygen atoms in total. The Morgan fingerprint density at radius 3 is 2.32 bits per heavy atom. The van der Waals surface area contributed by atoms with E-state index in [1.807, 2.05) is 27.8 Å². The van der Waals surface area contributed by atoms with Crippen molar-refractivity contribution in [3.05, 3.63) is 0 Å². The molecule has 19 heavy (non-hydrogen) atoms. The number of carbonyl (C=O) groups is 1. The average molecular weight is 270 g/mol. The van der Waals surface area contributed by atoms with Crippen molar-refractivity contribution in [3.8, 4) is 0 Å². The maximum absolute atomic E-state index is 11.9. The second-order valence-electron chi connectivity index (χ2n) is 7.05. The zero-order valence-corrected chi connectivity index (χ0v) is 13.2. The van der Waals surface area contributed by atoms with E-state index in [9.17, 15) is 4.79 Å². The minimum absolute atomic E-state index is 0.0244. The van der Waals surface area contributed by atoms with Crippen LogP contribution in [-0.4, -0.2) is 42.1 Å². The highest BCUT2D eigenvalue weighted by Crippen LogP contribution is 2.35. The lowest BCUT2D eigenvalue weighted by Crippen LogP contribution is -2.55. The summed E-state index contributed by atoms with van der Waals surface area (Å²) in [6, 6.07) is 0. The van der Waals surface area contributed by atoms with Gasteiger partial charge in [-0.25, -0.2) is 0 Å². The van der Waals surface area contributed by atoms with Crippen LogP contribution in [0.25, 0.3) is 0 Å². The first-order valence-electron chi connectivity index (χ1n) is 7.32. The summed E-state index contributed by atoms with van der Waals surface area (Å²) < 4.78 is 5.39. The molecule has 0 bridgehead atoms. The lowest BCUT2D eigenvalue weighted by atomic mass is 9.76. The van der Waals surface area contributed by atoms with Crippen LogP contribution in [-0.2, 0) is 9.53 Å². The van der Waals surface area contributed by atoms with Crippen molar-refractivity contribution in [2.75, 3.05) is 20.1 Å². The third-order valence-electron chi connectivity index (χ3n) is 4.18. The van der Waals surface area contributed by atoms with E-state index in [1.165, 1.54) is 12.8 Å². The van der Waals surface area contributed by atoms with Gasteiger partial charge in [0.2, 0.25) is 0 Å². The third kappa shape index (κ3) is 4.77. The van der Waals surface area contributed by atoms with Gasteiger partial charge in [0, 0.05) is 12.1 Å². The van der Waals surface area contributed by atoms with Crippen molar-refractivity contribution in [1.82, 2.24) is 4.90 Å². The van der Waals surface area contributed by atoms with Crippen LogP contribution in [0.2, 0.25) is 0 Å². The van der Waals surface area contributed by atoms with Gasteiger partial charge in [-0.05, 0) is 59.4 Å². The number of carbonyl (C=O) groups excluding carboxylic acids is 1. The van der Waals surface area contributed by atoms with E-state index in [0.29, 0.717) is 13.1 Å². The molecule has 0 aliphatic heterocycles. The second-order valence-corrected chi connectivity index (χ2v) is 7.05. The summed E-state index contributed by atoms with van der Waals surface area (Å²) in [5, 5.41) is 0. The Labute approximate surface area is 117 Å². The molecule has 1 aliphatic rings. The molecule has 0 aromatic rings. The zero-order chi connectivity index (χ0) is 14.7. The van der Waals surface area contributed by atoms with E-state index in [-0.39, 0.29) is 11.5 Å². The Kier molecular flexibility index (Phi) is 5.39.